The minimum atomic E-state index is -0.744. The predicted molar refractivity (Wildman–Crippen MR) is 103 cm³/mol. The van der Waals surface area contributed by atoms with Gasteiger partial charge in [-0.3, -0.25) is 4.79 Å². The average Bonchev–Trinajstić information content (AvgIpc) is 2.85. The highest BCUT2D eigenvalue weighted by atomic mass is 35.5. The smallest absolute Gasteiger partial charge is 0.342 e. The minimum Gasteiger partial charge on any atom is -0.465 e. The third kappa shape index (κ3) is 4.64. The summed E-state index contributed by atoms with van der Waals surface area (Å²) in [7, 11) is 1.27. The van der Waals surface area contributed by atoms with Gasteiger partial charge in [-0.2, -0.15) is 0 Å². The first-order valence-electron chi connectivity index (χ1n) is 7.94. The van der Waals surface area contributed by atoms with Crippen LogP contribution in [0.2, 0.25) is 5.15 Å². The van der Waals surface area contributed by atoms with Crippen molar-refractivity contribution in [3.8, 4) is 0 Å². The number of nitrogens with one attached hydrogen (secondary N) is 1. The molecule has 0 spiro atoms. The molecule has 0 aromatic carbocycles. The molecular weight excluding hydrogens is 392 g/mol. The van der Waals surface area contributed by atoms with E-state index >= 15 is 0 Å². The molecule has 0 saturated heterocycles. The molecule has 9 heteroatoms. The minimum absolute atomic E-state index is 0.0235. The van der Waals surface area contributed by atoms with Gasteiger partial charge in [0.05, 0.1) is 18.2 Å². The lowest BCUT2D eigenvalue weighted by Crippen LogP contribution is -2.22. The molecule has 0 atom stereocenters. The van der Waals surface area contributed by atoms with Crippen LogP contribution < -0.4 is 5.32 Å². The first kappa shape index (κ1) is 20.9. The highest BCUT2D eigenvalue weighted by Gasteiger charge is 2.23. The van der Waals surface area contributed by atoms with Crippen LogP contribution in [0.5, 0.6) is 0 Å². The van der Waals surface area contributed by atoms with Crippen molar-refractivity contribution in [2.45, 2.75) is 27.7 Å². The van der Waals surface area contributed by atoms with Crippen LogP contribution in [-0.4, -0.2) is 36.5 Å². The van der Waals surface area contributed by atoms with E-state index in [9.17, 15) is 14.4 Å². The lowest BCUT2D eigenvalue weighted by Gasteiger charge is -2.10. The Morgan fingerprint density at radius 3 is 2.41 bits per heavy atom. The van der Waals surface area contributed by atoms with Crippen LogP contribution in [0.3, 0.4) is 0 Å². The van der Waals surface area contributed by atoms with E-state index in [0.29, 0.717) is 21.8 Å². The molecule has 0 bridgehead atoms. The Bertz CT molecular complexity index is 900. The Labute approximate surface area is 165 Å². The standard InChI is InChI=1S/C18H19ClN2O5S/c1-8-6-9(2)20-15(19)13(8)18(24)26-7-12(22)21-16-14(17(23)25-5)10(3)11(4)27-16/h6H,7H2,1-5H3,(H,21,22). The molecule has 1 N–H and O–H groups in total. The van der Waals surface area contributed by atoms with Gasteiger partial charge in [-0.15, -0.1) is 11.3 Å². The topological polar surface area (TPSA) is 94.6 Å². The van der Waals surface area contributed by atoms with Crippen LogP contribution in [0.4, 0.5) is 5.00 Å². The number of esters is 2. The SMILES string of the molecule is COC(=O)c1c(NC(=O)COC(=O)c2c(C)cc(C)nc2Cl)sc(C)c1C. The quantitative estimate of drug-likeness (QED) is 0.597. The summed E-state index contributed by atoms with van der Waals surface area (Å²) in [6, 6.07) is 1.70. The van der Waals surface area contributed by atoms with Crippen molar-refractivity contribution in [3.63, 3.8) is 0 Å². The molecule has 2 aromatic heterocycles. The number of nitrogens with zero attached hydrogens (tertiary/aromatic N) is 1. The number of ether oxygens (including phenoxy) is 2. The number of carbonyl (C=O) groups excluding carboxylic acids is 3. The van der Waals surface area contributed by atoms with E-state index in [2.05, 4.69) is 10.3 Å². The number of aromatic nitrogens is 1. The van der Waals surface area contributed by atoms with E-state index in [1.165, 1.54) is 18.4 Å². The van der Waals surface area contributed by atoms with Crippen molar-refractivity contribution in [1.82, 2.24) is 4.98 Å². The summed E-state index contributed by atoms with van der Waals surface area (Å²) in [5, 5.41) is 2.96. The summed E-state index contributed by atoms with van der Waals surface area (Å²) in [4.78, 5) is 41.2. The fourth-order valence-corrected chi connectivity index (χ4v) is 3.89. The number of halogens is 1. The Hall–Kier alpha value is -2.45. The van der Waals surface area contributed by atoms with Crippen LogP contribution >= 0.6 is 22.9 Å². The van der Waals surface area contributed by atoms with Crippen LogP contribution in [0.1, 0.15) is 42.4 Å². The summed E-state index contributed by atoms with van der Waals surface area (Å²) in [5.41, 5.74) is 2.42. The van der Waals surface area contributed by atoms with Gasteiger partial charge in [-0.1, -0.05) is 11.6 Å². The van der Waals surface area contributed by atoms with Crippen LogP contribution in [0.15, 0.2) is 6.07 Å². The number of anilines is 1. The molecular formula is C18H19ClN2O5S. The number of hydrogen-bond acceptors (Lipinski definition) is 7. The zero-order valence-corrected chi connectivity index (χ0v) is 17.1. The van der Waals surface area contributed by atoms with Gasteiger partial charge in [0.15, 0.2) is 6.61 Å². The average molecular weight is 411 g/mol. The summed E-state index contributed by atoms with van der Waals surface area (Å²) >= 11 is 7.25. The Kier molecular flexibility index (Phi) is 6.56. The number of methoxy groups -OCH3 is 1. The van der Waals surface area contributed by atoms with Crippen LogP contribution in [0.25, 0.3) is 0 Å². The van der Waals surface area contributed by atoms with E-state index in [-0.39, 0.29) is 10.7 Å². The molecule has 144 valence electrons. The fourth-order valence-electron chi connectivity index (χ4n) is 2.47. The molecule has 0 aliphatic heterocycles. The van der Waals surface area contributed by atoms with Gasteiger partial charge in [-0.05, 0) is 44.9 Å². The molecule has 0 unspecified atom stereocenters. The monoisotopic (exact) mass is 410 g/mol. The third-order valence-electron chi connectivity index (χ3n) is 3.87. The van der Waals surface area contributed by atoms with E-state index in [0.717, 1.165) is 10.4 Å². The van der Waals surface area contributed by atoms with Gasteiger partial charge in [0.25, 0.3) is 5.91 Å². The third-order valence-corrected chi connectivity index (χ3v) is 5.26. The predicted octanol–water partition coefficient (Wildman–Crippen LogP) is 3.61. The highest BCUT2D eigenvalue weighted by Crippen LogP contribution is 2.32. The Balaban J connectivity index is 2.09. The number of thiophene rings is 1. The summed E-state index contributed by atoms with van der Waals surface area (Å²) in [5.74, 6) is -1.87. The van der Waals surface area contributed by atoms with Crippen molar-refractivity contribution in [2.75, 3.05) is 19.0 Å². The van der Waals surface area contributed by atoms with Gasteiger partial charge in [0.1, 0.15) is 10.2 Å². The molecule has 0 fully saturated rings. The van der Waals surface area contributed by atoms with Gasteiger partial charge >= 0.3 is 11.9 Å². The maximum Gasteiger partial charge on any atom is 0.342 e. The van der Waals surface area contributed by atoms with Crippen molar-refractivity contribution < 1.29 is 23.9 Å². The summed E-state index contributed by atoms with van der Waals surface area (Å²) in [6.07, 6.45) is 0. The normalized spacial score (nSPS) is 10.4. The molecule has 0 saturated carbocycles. The highest BCUT2D eigenvalue weighted by molar-refractivity contribution is 7.16. The van der Waals surface area contributed by atoms with E-state index < -0.39 is 24.5 Å². The second-order valence-electron chi connectivity index (χ2n) is 5.85. The number of amides is 1. The molecule has 2 heterocycles. The lowest BCUT2D eigenvalue weighted by atomic mass is 10.1. The number of hydrogen-bond donors (Lipinski definition) is 1. The maximum absolute atomic E-state index is 12.2. The van der Waals surface area contributed by atoms with Gasteiger partial charge in [0.2, 0.25) is 0 Å². The molecule has 7 nitrogen and oxygen atoms in total. The van der Waals surface area contributed by atoms with E-state index in [1.54, 1.807) is 26.8 Å². The van der Waals surface area contributed by atoms with Crippen molar-refractivity contribution in [1.29, 1.82) is 0 Å². The van der Waals surface area contributed by atoms with E-state index in [1.807, 2.05) is 6.92 Å². The molecule has 0 aliphatic rings. The molecule has 2 rings (SSSR count). The van der Waals surface area contributed by atoms with Crippen LogP contribution in [-0.2, 0) is 14.3 Å². The second kappa shape index (κ2) is 8.49. The first-order valence-corrected chi connectivity index (χ1v) is 9.14. The van der Waals surface area contributed by atoms with Crippen LogP contribution in [0, 0.1) is 27.7 Å². The van der Waals surface area contributed by atoms with Gasteiger partial charge in [-0.25, -0.2) is 14.6 Å². The number of pyridine rings is 1. The molecule has 0 aliphatic carbocycles. The molecule has 2 aromatic rings. The number of aryl methyl sites for hydroxylation is 3. The van der Waals surface area contributed by atoms with Gasteiger partial charge < -0.3 is 14.8 Å². The van der Waals surface area contributed by atoms with Crippen molar-refractivity contribution in [3.05, 3.63) is 44.0 Å². The van der Waals surface area contributed by atoms with Crippen molar-refractivity contribution >= 4 is 45.8 Å². The zero-order chi connectivity index (χ0) is 20.3. The summed E-state index contributed by atoms with van der Waals surface area (Å²) < 4.78 is 9.79. The summed E-state index contributed by atoms with van der Waals surface area (Å²) in [6.45, 7) is 6.53. The maximum atomic E-state index is 12.2. The number of rotatable bonds is 5. The molecule has 27 heavy (non-hydrogen) atoms. The van der Waals surface area contributed by atoms with E-state index in [4.69, 9.17) is 21.1 Å². The largest absolute Gasteiger partial charge is 0.465 e. The number of carbonyl (C=O) groups is 3. The zero-order valence-electron chi connectivity index (χ0n) is 15.6. The van der Waals surface area contributed by atoms with Crippen molar-refractivity contribution in [2.24, 2.45) is 0 Å². The molecule has 1 amide bonds. The first-order chi connectivity index (χ1) is 12.6. The fraction of sp³-hybridized carbons (Fsp3) is 0.333. The Morgan fingerprint density at radius 1 is 1.15 bits per heavy atom. The second-order valence-corrected chi connectivity index (χ2v) is 7.43. The van der Waals surface area contributed by atoms with Gasteiger partial charge in [0, 0.05) is 10.6 Å². The Morgan fingerprint density at radius 2 is 1.81 bits per heavy atom. The molecule has 0 radical (unpaired) electrons. The lowest BCUT2D eigenvalue weighted by molar-refractivity contribution is -0.119.